The van der Waals surface area contributed by atoms with Gasteiger partial charge in [0, 0.05) is 5.56 Å². The molecule has 0 aliphatic carbocycles. The summed E-state index contributed by atoms with van der Waals surface area (Å²) >= 11 is 0. The van der Waals surface area contributed by atoms with Crippen LogP contribution in [0.3, 0.4) is 0 Å². The van der Waals surface area contributed by atoms with Crippen LogP contribution in [0.25, 0.3) is 11.1 Å². The van der Waals surface area contributed by atoms with E-state index in [1.54, 1.807) is 56.3 Å². The maximum absolute atomic E-state index is 12.2. The lowest BCUT2D eigenvalue weighted by Crippen LogP contribution is -2.31. The molecular formula is C27H31N3O8. The van der Waals surface area contributed by atoms with Crippen molar-refractivity contribution < 1.29 is 38.1 Å². The van der Waals surface area contributed by atoms with Gasteiger partial charge in [0.1, 0.15) is 18.2 Å². The molecular weight excluding hydrogens is 494 g/mol. The summed E-state index contributed by atoms with van der Waals surface area (Å²) in [6.45, 7) is 3.07. The van der Waals surface area contributed by atoms with Crippen LogP contribution in [-0.4, -0.2) is 56.2 Å². The molecule has 0 bridgehead atoms. The molecule has 1 heterocycles. The minimum atomic E-state index is -0.642. The molecule has 1 fully saturated rings. The molecule has 4 N–H and O–H groups in total. The van der Waals surface area contributed by atoms with Gasteiger partial charge in [0.05, 0.1) is 37.0 Å². The SMILES string of the molecule is COC(=O)C[C@@H]1C[C@@H](COc2ccc(-c3ccc(C(=O)OCOC(=O)C(C)C)cc3)c(C(=N)N)c2)NC1=O. The Hall–Kier alpha value is -4.41. The number of amidine groups is 1. The number of nitrogens with two attached hydrogens (primary N) is 1. The van der Waals surface area contributed by atoms with Crippen molar-refractivity contribution in [1.29, 1.82) is 5.41 Å². The Bertz CT molecular complexity index is 1210. The van der Waals surface area contributed by atoms with Crippen LogP contribution in [0.5, 0.6) is 5.75 Å². The van der Waals surface area contributed by atoms with E-state index >= 15 is 0 Å². The number of amides is 1. The van der Waals surface area contributed by atoms with Crippen LogP contribution in [0.1, 0.15) is 42.6 Å². The van der Waals surface area contributed by atoms with Crippen molar-refractivity contribution in [3.63, 3.8) is 0 Å². The summed E-state index contributed by atoms with van der Waals surface area (Å²) in [5.41, 5.74) is 7.88. The minimum Gasteiger partial charge on any atom is -0.491 e. The lowest BCUT2D eigenvalue weighted by atomic mass is 9.97. The fraction of sp³-hybridized carbons (Fsp3) is 0.370. The van der Waals surface area contributed by atoms with E-state index in [0.29, 0.717) is 28.9 Å². The van der Waals surface area contributed by atoms with E-state index in [9.17, 15) is 19.2 Å². The maximum atomic E-state index is 12.2. The van der Waals surface area contributed by atoms with Gasteiger partial charge in [0.2, 0.25) is 12.7 Å². The number of nitrogens with one attached hydrogen (secondary N) is 2. The highest BCUT2D eigenvalue weighted by atomic mass is 16.7. The topological polar surface area (TPSA) is 167 Å². The molecule has 2 atom stereocenters. The second-order valence-corrected chi connectivity index (χ2v) is 9.10. The summed E-state index contributed by atoms with van der Waals surface area (Å²) in [7, 11) is 1.28. The van der Waals surface area contributed by atoms with Gasteiger partial charge >= 0.3 is 17.9 Å². The first-order valence-electron chi connectivity index (χ1n) is 12.0. The molecule has 0 radical (unpaired) electrons. The molecule has 0 saturated carbocycles. The molecule has 1 amide bonds. The van der Waals surface area contributed by atoms with E-state index < -0.39 is 30.6 Å². The molecule has 11 heteroatoms. The number of benzene rings is 2. The zero-order valence-electron chi connectivity index (χ0n) is 21.4. The second-order valence-electron chi connectivity index (χ2n) is 9.10. The molecule has 1 saturated heterocycles. The van der Waals surface area contributed by atoms with Crippen molar-refractivity contribution in [3.05, 3.63) is 53.6 Å². The zero-order chi connectivity index (χ0) is 27.8. The van der Waals surface area contributed by atoms with E-state index in [0.717, 1.165) is 0 Å². The average Bonchev–Trinajstić information content (AvgIpc) is 3.25. The molecule has 1 aliphatic rings. The fourth-order valence-corrected chi connectivity index (χ4v) is 3.86. The van der Waals surface area contributed by atoms with Crippen molar-refractivity contribution >= 4 is 29.7 Å². The van der Waals surface area contributed by atoms with Crippen LogP contribution in [0, 0.1) is 17.2 Å². The van der Waals surface area contributed by atoms with E-state index in [1.807, 2.05) is 0 Å². The van der Waals surface area contributed by atoms with Crippen molar-refractivity contribution in [2.75, 3.05) is 20.5 Å². The van der Waals surface area contributed by atoms with Crippen LogP contribution in [-0.2, 0) is 28.6 Å². The van der Waals surface area contributed by atoms with E-state index in [-0.39, 0.29) is 42.3 Å². The summed E-state index contributed by atoms with van der Waals surface area (Å²) in [6.07, 6.45) is 0.463. The van der Waals surface area contributed by atoms with Crippen molar-refractivity contribution in [2.24, 2.45) is 17.6 Å². The first-order chi connectivity index (χ1) is 18.1. The summed E-state index contributed by atoms with van der Waals surface area (Å²) in [5, 5.41) is 10.8. The number of carbonyl (C=O) groups is 4. The Morgan fingerprint density at radius 1 is 1.11 bits per heavy atom. The molecule has 38 heavy (non-hydrogen) atoms. The van der Waals surface area contributed by atoms with Crippen molar-refractivity contribution in [2.45, 2.75) is 32.7 Å². The normalized spacial score (nSPS) is 16.5. The number of ether oxygens (including phenoxy) is 4. The third-order valence-corrected chi connectivity index (χ3v) is 5.95. The van der Waals surface area contributed by atoms with Gasteiger partial charge in [0.25, 0.3) is 0 Å². The number of hydrogen-bond acceptors (Lipinski definition) is 9. The molecule has 0 aromatic heterocycles. The largest absolute Gasteiger partial charge is 0.491 e. The molecule has 0 spiro atoms. The number of nitrogen functional groups attached to an aromatic ring is 1. The lowest BCUT2D eigenvalue weighted by Gasteiger charge is -2.15. The number of esters is 3. The van der Waals surface area contributed by atoms with Gasteiger partial charge in [-0.25, -0.2) is 4.79 Å². The first-order valence-corrected chi connectivity index (χ1v) is 12.0. The predicted octanol–water partition coefficient (Wildman–Crippen LogP) is 2.40. The monoisotopic (exact) mass is 525 g/mol. The van der Waals surface area contributed by atoms with Crippen LogP contribution < -0.4 is 15.8 Å². The Balaban J connectivity index is 1.63. The maximum Gasteiger partial charge on any atom is 0.340 e. The van der Waals surface area contributed by atoms with Gasteiger partial charge in [-0.15, -0.1) is 0 Å². The van der Waals surface area contributed by atoms with E-state index in [1.165, 1.54) is 7.11 Å². The van der Waals surface area contributed by atoms with Crippen LogP contribution in [0.15, 0.2) is 42.5 Å². The third-order valence-electron chi connectivity index (χ3n) is 5.95. The lowest BCUT2D eigenvalue weighted by molar-refractivity contribution is -0.155. The molecule has 1 aliphatic heterocycles. The number of rotatable bonds is 11. The molecule has 0 unspecified atom stereocenters. The van der Waals surface area contributed by atoms with Crippen molar-refractivity contribution in [3.8, 4) is 16.9 Å². The van der Waals surface area contributed by atoms with Gasteiger partial charge in [-0.1, -0.05) is 26.0 Å². The van der Waals surface area contributed by atoms with Gasteiger partial charge in [-0.05, 0) is 47.9 Å². The number of hydrogen-bond donors (Lipinski definition) is 3. The molecule has 2 aromatic carbocycles. The van der Waals surface area contributed by atoms with Crippen LogP contribution in [0.2, 0.25) is 0 Å². The Kier molecular flexibility index (Phi) is 9.42. The van der Waals surface area contributed by atoms with Gasteiger partial charge < -0.3 is 30.0 Å². The Morgan fingerprint density at radius 2 is 1.82 bits per heavy atom. The first kappa shape index (κ1) is 28.2. The summed E-state index contributed by atoms with van der Waals surface area (Å²) < 4.78 is 20.3. The average molecular weight is 526 g/mol. The highest BCUT2D eigenvalue weighted by molar-refractivity contribution is 6.02. The fourth-order valence-electron chi connectivity index (χ4n) is 3.86. The van der Waals surface area contributed by atoms with E-state index in [2.05, 4.69) is 10.1 Å². The van der Waals surface area contributed by atoms with Gasteiger partial charge in [-0.3, -0.25) is 19.8 Å². The highest BCUT2D eigenvalue weighted by Gasteiger charge is 2.34. The van der Waals surface area contributed by atoms with Crippen LogP contribution >= 0.6 is 0 Å². The van der Waals surface area contributed by atoms with Crippen molar-refractivity contribution in [1.82, 2.24) is 5.32 Å². The second kappa shape index (κ2) is 12.7. The van der Waals surface area contributed by atoms with Gasteiger partial charge in [-0.2, -0.15) is 0 Å². The van der Waals surface area contributed by atoms with E-state index in [4.69, 9.17) is 25.4 Å². The third kappa shape index (κ3) is 7.31. The molecule has 2 aromatic rings. The summed E-state index contributed by atoms with van der Waals surface area (Å²) in [6, 6.07) is 11.3. The van der Waals surface area contributed by atoms with Crippen LogP contribution in [0.4, 0.5) is 0 Å². The zero-order valence-corrected chi connectivity index (χ0v) is 21.4. The summed E-state index contributed by atoms with van der Waals surface area (Å²) in [5.74, 6) is -2.26. The molecule has 202 valence electrons. The Morgan fingerprint density at radius 3 is 2.45 bits per heavy atom. The smallest absolute Gasteiger partial charge is 0.340 e. The number of carbonyl (C=O) groups excluding carboxylic acids is 4. The van der Waals surface area contributed by atoms with Gasteiger partial charge in [0.15, 0.2) is 0 Å². The standard InChI is InChI=1S/C27H31N3O8/c1-15(2)26(33)37-14-38-27(34)17-6-4-16(5-7-17)21-9-8-20(12-22(21)24(28)29)36-13-19-10-18(25(32)30-19)11-23(31)35-3/h4-9,12,15,18-19H,10-11,13-14H2,1-3H3,(H3,28,29)(H,30,32)/t18-,19-/m0/s1. The molecule has 11 nitrogen and oxygen atoms in total. The Labute approximate surface area is 220 Å². The number of methoxy groups -OCH3 is 1. The molecule has 3 rings (SSSR count). The predicted molar refractivity (Wildman–Crippen MR) is 136 cm³/mol. The minimum absolute atomic E-state index is 0.0180. The quantitative estimate of drug-likeness (QED) is 0.173. The summed E-state index contributed by atoms with van der Waals surface area (Å²) in [4.78, 5) is 47.3. The highest BCUT2D eigenvalue weighted by Crippen LogP contribution is 2.28.